The summed E-state index contributed by atoms with van der Waals surface area (Å²) in [6.45, 7) is 1.76. The molecule has 0 aliphatic rings. The highest BCUT2D eigenvalue weighted by Gasteiger charge is 2.10. The molecule has 0 heterocycles. The molecule has 5 nitrogen and oxygen atoms in total. The first-order chi connectivity index (χ1) is 6.65. The second kappa shape index (κ2) is 4.57. The molecule has 0 spiro atoms. The fourth-order valence-electron chi connectivity index (χ4n) is 1.09. The van der Waals surface area contributed by atoms with Gasteiger partial charge in [-0.05, 0) is 19.1 Å². The van der Waals surface area contributed by atoms with Gasteiger partial charge in [-0.25, -0.2) is 0 Å². The van der Waals surface area contributed by atoms with E-state index in [4.69, 9.17) is 9.84 Å². The maximum atomic E-state index is 10.5. The van der Waals surface area contributed by atoms with Crippen LogP contribution < -0.4 is 4.74 Å². The summed E-state index contributed by atoms with van der Waals surface area (Å²) in [6, 6.07) is 4.48. The van der Waals surface area contributed by atoms with E-state index in [1.807, 2.05) is 0 Å². The van der Waals surface area contributed by atoms with Crippen LogP contribution >= 0.6 is 0 Å². The van der Waals surface area contributed by atoms with Gasteiger partial charge in [0.25, 0.3) is 5.69 Å². The van der Waals surface area contributed by atoms with Crippen LogP contribution in [0.15, 0.2) is 18.2 Å². The minimum atomic E-state index is -0.439. The van der Waals surface area contributed by atoms with Crippen LogP contribution in [0.5, 0.6) is 5.75 Å². The Balaban J connectivity index is 2.83. The SMILES string of the molecule is Cc1cc(OCCO)ccc1[N+](=O)[O-]. The number of hydrogen-bond acceptors (Lipinski definition) is 4. The first-order valence-corrected chi connectivity index (χ1v) is 4.14. The zero-order valence-electron chi connectivity index (χ0n) is 7.77. The normalized spacial score (nSPS) is 9.86. The molecule has 0 atom stereocenters. The van der Waals surface area contributed by atoms with E-state index in [0.717, 1.165) is 0 Å². The Bertz CT molecular complexity index is 338. The number of benzene rings is 1. The lowest BCUT2D eigenvalue weighted by Gasteiger charge is -2.04. The topological polar surface area (TPSA) is 72.6 Å². The molecule has 1 rings (SSSR count). The fourth-order valence-corrected chi connectivity index (χ4v) is 1.09. The number of nitro benzene ring substituents is 1. The number of ether oxygens (including phenoxy) is 1. The monoisotopic (exact) mass is 197 g/mol. The molecular weight excluding hydrogens is 186 g/mol. The van der Waals surface area contributed by atoms with Crippen LogP contribution in [0.25, 0.3) is 0 Å². The van der Waals surface area contributed by atoms with Crippen molar-refractivity contribution in [3.63, 3.8) is 0 Å². The van der Waals surface area contributed by atoms with Crippen molar-refractivity contribution in [2.24, 2.45) is 0 Å². The largest absolute Gasteiger partial charge is 0.491 e. The molecule has 0 radical (unpaired) electrons. The Morgan fingerprint density at radius 2 is 2.29 bits per heavy atom. The predicted octanol–water partition coefficient (Wildman–Crippen LogP) is 1.27. The molecule has 1 aromatic rings. The van der Waals surface area contributed by atoms with Gasteiger partial charge < -0.3 is 9.84 Å². The van der Waals surface area contributed by atoms with Crippen molar-refractivity contribution in [3.05, 3.63) is 33.9 Å². The molecule has 0 unspecified atom stereocenters. The first-order valence-electron chi connectivity index (χ1n) is 4.14. The molecule has 0 aliphatic carbocycles. The number of nitro groups is 1. The van der Waals surface area contributed by atoms with E-state index in [1.54, 1.807) is 13.0 Å². The Labute approximate surface area is 81.1 Å². The molecule has 0 aromatic heterocycles. The van der Waals surface area contributed by atoms with Gasteiger partial charge in [0, 0.05) is 11.6 Å². The van der Waals surface area contributed by atoms with Crippen molar-refractivity contribution in [1.82, 2.24) is 0 Å². The lowest BCUT2D eigenvalue weighted by molar-refractivity contribution is -0.385. The summed E-state index contributed by atoms with van der Waals surface area (Å²) in [5, 5.41) is 19.0. The number of aliphatic hydroxyl groups is 1. The van der Waals surface area contributed by atoms with E-state index < -0.39 is 4.92 Å². The highest BCUT2D eigenvalue weighted by atomic mass is 16.6. The van der Waals surface area contributed by atoms with Crippen molar-refractivity contribution < 1.29 is 14.8 Å². The highest BCUT2D eigenvalue weighted by molar-refractivity contribution is 5.44. The van der Waals surface area contributed by atoms with Crippen molar-refractivity contribution >= 4 is 5.69 Å². The van der Waals surface area contributed by atoms with Crippen LogP contribution in [0.2, 0.25) is 0 Å². The molecule has 0 amide bonds. The Kier molecular flexibility index (Phi) is 3.41. The van der Waals surface area contributed by atoms with Crippen LogP contribution in [-0.2, 0) is 0 Å². The van der Waals surface area contributed by atoms with Gasteiger partial charge in [0.15, 0.2) is 0 Å². The van der Waals surface area contributed by atoms with Crippen LogP contribution in [0.3, 0.4) is 0 Å². The standard InChI is InChI=1S/C9H11NO4/c1-7-6-8(14-5-4-11)2-3-9(7)10(12)13/h2-3,6,11H,4-5H2,1H3. The maximum Gasteiger partial charge on any atom is 0.272 e. The molecule has 0 aliphatic heterocycles. The third kappa shape index (κ3) is 2.43. The molecule has 14 heavy (non-hydrogen) atoms. The number of nitrogens with zero attached hydrogens (tertiary/aromatic N) is 1. The van der Waals surface area contributed by atoms with Crippen LogP contribution in [-0.4, -0.2) is 23.2 Å². The smallest absolute Gasteiger partial charge is 0.272 e. The third-order valence-electron chi connectivity index (χ3n) is 1.72. The second-order valence-corrected chi connectivity index (χ2v) is 2.78. The summed E-state index contributed by atoms with van der Waals surface area (Å²) in [4.78, 5) is 10.0. The molecule has 0 fully saturated rings. The molecule has 5 heteroatoms. The minimum absolute atomic E-state index is 0.0707. The van der Waals surface area contributed by atoms with Crippen molar-refractivity contribution in [2.45, 2.75) is 6.92 Å². The van der Waals surface area contributed by atoms with E-state index in [9.17, 15) is 10.1 Å². The summed E-state index contributed by atoms with van der Waals surface area (Å²) >= 11 is 0. The number of rotatable bonds is 4. The molecule has 1 aromatic carbocycles. The summed E-state index contributed by atoms with van der Waals surface area (Å²) < 4.78 is 5.10. The van der Waals surface area contributed by atoms with E-state index in [0.29, 0.717) is 11.3 Å². The number of aliphatic hydroxyl groups excluding tert-OH is 1. The predicted molar refractivity (Wildman–Crippen MR) is 50.4 cm³/mol. The summed E-state index contributed by atoms with van der Waals surface area (Å²) in [5.41, 5.74) is 0.617. The van der Waals surface area contributed by atoms with Crippen molar-refractivity contribution in [3.8, 4) is 5.75 Å². The average Bonchev–Trinajstić information content (AvgIpc) is 2.14. The number of aryl methyl sites for hydroxylation is 1. The van der Waals surface area contributed by atoms with Crippen LogP contribution in [0.1, 0.15) is 5.56 Å². The van der Waals surface area contributed by atoms with E-state index in [-0.39, 0.29) is 18.9 Å². The fraction of sp³-hybridized carbons (Fsp3) is 0.333. The molecule has 0 saturated carbocycles. The Morgan fingerprint density at radius 3 is 2.79 bits per heavy atom. The summed E-state index contributed by atoms with van der Waals surface area (Å²) in [6.07, 6.45) is 0. The van der Waals surface area contributed by atoms with Gasteiger partial charge in [0.2, 0.25) is 0 Å². The molecule has 0 saturated heterocycles. The van der Waals surface area contributed by atoms with Gasteiger partial charge in [-0.15, -0.1) is 0 Å². The molecule has 1 N–H and O–H groups in total. The zero-order chi connectivity index (χ0) is 10.6. The number of hydrogen-bond donors (Lipinski definition) is 1. The first kappa shape index (κ1) is 10.5. The van der Waals surface area contributed by atoms with E-state index in [1.165, 1.54) is 12.1 Å². The Hall–Kier alpha value is -1.62. The van der Waals surface area contributed by atoms with Crippen LogP contribution in [0.4, 0.5) is 5.69 Å². The maximum absolute atomic E-state index is 10.5. The van der Waals surface area contributed by atoms with Gasteiger partial charge in [0.05, 0.1) is 11.5 Å². The van der Waals surface area contributed by atoms with Gasteiger partial charge in [0.1, 0.15) is 12.4 Å². The average molecular weight is 197 g/mol. The minimum Gasteiger partial charge on any atom is -0.491 e. The lowest BCUT2D eigenvalue weighted by atomic mass is 10.2. The summed E-state index contributed by atoms with van der Waals surface area (Å²) in [7, 11) is 0. The third-order valence-corrected chi connectivity index (χ3v) is 1.72. The second-order valence-electron chi connectivity index (χ2n) is 2.78. The van der Waals surface area contributed by atoms with Gasteiger partial charge >= 0.3 is 0 Å². The van der Waals surface area contributed by atoms with Crippen molar-refractivity contribution in [1.29, 1.82) is 0 Å². The summed E-state index contributed by atoms with van der Waals surface area (Å²) in [5.74, 6) is 0.530. The van der Waals surface area contributed by atoms with Crippen LogP contribution in [0, 0.1) is 17.0 Å². The van der Waals surface area contributed by atoms with E-state index >= 15 is 0 Å². The molecule has 76 valence electrons. The quantitative estimate of drug-likeness (QED) is 0.582. The lowest BCUT2D eigenvalue weighted by Crippen LogP contribution is -2.02. The van der Waals surface area contributed by atoms with Gasteiger partial charge in [-0.3, -0.25) is 10.1 Å². The highest BCUT2D eigenvalue weighted by Crippen LogP contribution is 2.22. The zero-order valence-corrected chi connectivity index (χ0v) is 7.77. The molecular formula is C9H11NO4. The van der Waals surface area contributed by atoms with E-state index in [2.05, 4.69) is 0 Å². The van der Waals surface area contributed by atoms with Crippen molar-refractivity contribution in [2.75, 3.05) is 13.2 Å². The molecule has 0 bridgehead atoms. The van der Waals surface area contributed by atoms with Gasteiger partial charge in [-0.1, -0.05) is 0 Å². The Morgan fingerprint density at radius 1 is 1.57 bits per heavy atom. The van der Waals surface area contributed by atoms with Gasteiger partial charge in [-0.2, -0.15) is 0 Å².